The van der Waals surface area contributed by atoms with E-state index in [9.17, 15) is 0 Å². The molecule has 2 unspecified atom stereocenters. The Hall–Kier alpha value is -1.88. The van der Waals surface area contributed by atoms with Crippen molar-refractivity contribution in [2.45, 2.75) is 25.3 Å². The maximum absolute atomic E-state index is 6.10. The first-order valence-corrected chi connectivity index (χ1v) is 8.10. The fourth-order valence-electron chi connectivity index (χ4n) is 2.85. The van der Waals surface area contributed by atoms with E-state index in [1.54, 1.807) is 7.11 Å². The van der Waals surface area contributed by atoms with Crippen molar-refractivity contribution in [2.75, 3.05) is 20.2 Å². The van der Waals surface area contributed by atoms with Gasteiger partial charge in [0.05, 0.1) is 19.8 Å². The van der Waals surface area contributed by atoms with Gasteiger partial charge in [-0.15, -0.1) is 0 Å². The van der Waals surface area contributed by atoms with Crippen LogP contribution in [0.2, 0.25) is 0 Å². The van der Waals surface area contributed by atoms with Crippen LogP contribution in [0.4, 0.5) is 0 Å². The molecule has 1 heterocycles. The van der Waals surface area contributed by atoms with Gasteiger partial charge in [0.2, 0.25) is 0 Å². The van der Waals surface area contributed by atoms with E-state index in [1.165, 1.54) is 11.1 Å². The van der Waals surface area contributed by atoms with Gasteiger partial charge >= 0.3 is 0 Å². The second-order valence-electron chi connectivity index (χ2n) is 5.78. The Kier molecular flexibility index (Phi) is 5.64. The van der Waals surface area contributed by atoms with Crippen LogP contribution >= 0.6 is 0 Å². The normalized spacial score (nSPS) is 21.1. The van der Waals surface area contributed by atoms with Crippen molar-refractivity contribution in [3.8, 4) is 5.75 Å². The number of piperazine rings is 1. The van der Waals surface area contributed by atoms with Crippen LogP contribution in [0.5, 0.6) is 5.75 Å². The van der Waals surface area contributed by atoms with E-state index >= 15 is 0 Å². The zero-order valence-corrected chi connectivity index (χ0v) is 13.5. The molecule has 1 aliphatic rings. The van der Waals surface area contributed by atoms with Crippen LogP contribution in [-0.2, 0) is 17.8 Å². The topological polar surface area (TPSA) is 42.5 Å². The molecule has 23 heavy (non-hydrogen) atoms. The minimum absolute atomic E-state index is 0.0195. The Bertz CT molecular complexity index is 586. The summed E-state index contributed by atoms with van der Waals surface area (Å²) in [5.41, 5.74) is 2.48. The lowest BCUT2D eigenvalue weighted by molar-refractivity contribution is -0.0181. The van der Waals surface area contributed by atoms with E-state index in [-0.39, 0.29) is 12.3 Å². The van der Waals surface area contributed by atoms with Crippen LogP contribution in [-0.4, -0.2) is 32.5 Å². The molecule has 122 valence electrons. The van der Waals surface area contributed by atoms with Crippen molar-refractivity contribution >= 4 is 0 Å². The van der Waals surface area contributed by atoms with Crippen LogP contribution < -0.4 is 15.4 Å². The molecule has 0 aromatic heterocycles. The third-order valence-corrected chi connectivity index (χ3v) is 4.13. The molecule has 0 amide bonds. The molecule has 0 bridgehead atoms. The average Bonchev–Trinajstić information content (AvgIpc) is 2.62. The lowest BCUT2D eigenvalue weighted by atomic mass is 10.0. The SMILES string of the molecule is COc1ccc(CC2NCCNC2OCc2ccccc2)cc1. The molecule has 2 atom stereocenters. The van der Waals surface area contributed by atoms with Gasteiger partial charge in [0, 0.05) is 13.1 Å². The second kappa shape index (κ2) is 8.11. The number of hydrogen-bond donors (Lipinski definition) is 2. The van der Waals surface area contributed by atoms with E-state index in [0.29, 0.717) is 6.61 Å². The lowest BCUT2D eigenvalue weighted by Crippen LogP contribution is -2.57. The molecule has 0 spiro atoms. The molecule has 0 radical (unpaired) electrons. The predicted molar refractivity (Wildman–Crippen MR) is 91.5 cm³/mol. The monoisotopic (exact) mass is 312 g/mol. The Morgan fingerprint density at radius 1 is 0.913 bits per heavy atom. The molecule has 4 heteroatoms. The highest BCUT2D eigenvalue weighted by molar-refractivity contribution is 5.27. The van der Waals surface area contributed by atoms with Gasteiger partial charge in [-0.1, -0.05) is 42.5 Å². The van der Waals surface area contributed by atoms with E-state index in [4.69, 9.17) is 9.47 Å². The standard InChI is InChI=1S/C19H24N2O2/c1-22-17-9-7-15(8-10-17)13-18-19(21-12-11-20-18)23-14-16-5-3-2-4-6-16/h2-10,18-21H,11-14H2,1H3. The van der Waals surface area contributed by atoms with Crippen LogP contribution in [0.15, 0.2) is 54.6 Å². The van der Waals surface area contributed by atoms with Crippen LogP contribution in [0.25, 0.3) is 0 Å². The molecule has 0 aliphatic carbocycles. The zero-order chi connectivity index (χ0) is 15.9. The first-order chi connectivity index (χ1) is 11.3. The van der Waals surface area contributed by atoms with Gasteiger partial charge < -0.3 is 14.8 Å². The van der Waals surface area contributed by atoms with Crippen molar-refractivity contribution in [3.63, 3.8) is 0 Å². The Balaban J connectivity index is 1.59. The number of rotatable bonds is 6. The maximum Gasteiger partial charge on any atom is 0.124 e. The van der Waals surface area contributed by atoms with Gasteiger partial charge in [-0.2, -0.15) is 0 Å². The summed E-state index contributed by atoms with van der Waals surface area (Å²) < 4.78 is 11.3. The van der Waals surface area contributed by atoms with E-state index in [1.807, 2.05) is 30.3 Å². The second-order valence-corrected chi connectivity index (χ2v) is 5.78. The van der Waals surface area contributed by atoms with E-state index < -0.39 is 0 Å². The van der Waals surface area contributed by atoms with Crippen molar-refractivity contribution in [2.24, 2.45) is 0 Å². The summed E-state index contributed by atoms with van der Waals surface area (Å²) in [6.07, 6.45) is 0.947. The summed E-state index contributed by atoms with van der Waals surface area (Å²) in [4.78, 5) is 0. The summed E-state index contributed by atoms with van der Waals surface area (Å²) in [6.45, 7) is 2.52. The van der Waals surface area contributed by atoms with Crippen LogP contribution in [0.1, 0.15) is 11.1 Å². The molecule has 1 aliphatic heterocycles. The van der Waals surface area contributed by atoms with Gasteiger partial charge in [0.25, 0.3) is 0 Å². The third-order valence-electron chi connectivity index (χ3n) is 4.13. The number of methoxy groups -OCH3 is 1. The van der Waals surface area contributed by atoms with Gasteiger partial charge in [-0.05, 0) is 29.7 Å². The van der Waals surface area contributed by atoms with E-state index in [2.05, 4.69) is 34.9 Å². The molecule has 1 fully saturated rings. The van der Waals surface area contributed by atoms with Gasteiger partial charge in [-0.25, -0.2) is 0 Å². The summed E-state index contributed by atoms with van der Waals surface area (Å²) >= 11 is 0. The van der Waals surface area contributed by atoms with Crippen molar-refractivity contribution in [3.05, 3.63) is 65.7 Å². The van der Waals surface area contributed by atoms with E-state index in [0.717, 1.165) is 25.3 Å². The minimum Gasteiger partial charge on any atom is -0.497 e. The number of ether oxygens (including phenoxy) is 2. The zero-order valence-electron chi connectivity index (χ0n) is 13.5. The first-order valence-electron chi connectivity index (χ1n) is 8.10. The summed E-state index contributed by atoms with van der Waals surface area (Å²) in [7, 11) is 1.69. The predicted octanol–water partition coefficient (Wildman–Crippen LogP) is 2.34. The summed E-state index contributed by atoms with van der Waals surface area (Å²) in [6, 6.07) is 18.8. The third kappa shape index (κ3) is 4.55. The van der Waals surface area contributed by atoms with Crippen LogP contribution in [0, 0.1) is 0 Å². The van der Waals surface area contributed by atoms with Crippen molar-refractivity contribution in [1.82, 2.24) is 10.6 Å². The largest absolute Gasteiger partial charge is 0.497 e. The Morgan fingerprint density at radius 2 is 1.65 bits per heavy atom. The van der Waals surface area contributed by atoms with Gasteiger partial charge in [0.1, 0.15) is 12.0 Å². The van der Waals surface area contributed by atoms with Crippen molar-refractivity contribution < 1.29 is 9.47 Å². The molecule has 2 aromatic rings. The molecule has 2 N–H and O–H groups in total. The molecular formula is C19H24N2O2. The van der Waals surface area contributed by atoms with Gasteiger partial charge in [-0.3, -0.25) is 5.32 Å². The molecule has 1 saturated heterocycles. The highest BCUT2D eigenvalue weighted by Gasteiger charge is 2.25. The highest BCUT2D eigenvalue weighted by atomic mass is 16.5. The number of benzene rings is 2. The van der Waals surface area contributed by atoms with Crippen LogP contribution in [0.3, 0.4) is 0 Å². The average molecular weight is 312 g/mol. The Labute approximate surface area is 137 Å². The molecular weight excluding hydrogens is 288 g/mol. The molecule has 2 aromatic carbocycles. The smallest absolute Gasteiger partial charge is 0.124 e. The highest BCUT2D eigenvalue weighted by Crippen LogP contribution is 2.15. The summed E-state index contributed by atoms with van der Waals surface area (Å²) in [5.74, 6) is 0.889. The fourth-order valence-corrected chi connectivity index (χ4v) is 2.85. The quantitative estimate of drug-likeness (QED) is 0.859. The lowest BCUT2D eigenvalue weighted by Gasteiger charge is -2.33. The molecule has 3 rings (SSSR count). The minimum atomic E-state index is 0.0195. The van der Waals surface area contributed by atoms with Gasteiger partial charge in [0.15, 0.2) is 0 Å². The first kappa shape index (κ1) is 16.0. The maximum atomic E-state index is 6.10. The number of hydrogen-bond acceptors (Lipinski definition) is 4. The Morgan fingerprint density at radius 3 is 2.39 bits per heavy atom. The molecule has 4 nitrogen and oxygen atoms in total. The molecule has 0 saturated carbocycles. The van der Waals surface area contributed by atoms with Crippen molar-refractivity contribution in [1.29, 1.82) is 0 Å². The fraction of sp³-hybridized carbons (Fsp3) is 0.368. The summed E-state index contributed by atoms with van der Waals surface area (Å²) in [5, 5.41) is 7.04. The number of nitrogens with one attached hydrogen (secondary N) is 2.